The molecule has 0 spiro atoms. The van der Waals surface area contributed by atoms with Gasteiger partial charge in [-0.3, -0.25) is 4.72 Å². The second-order valence-corrected chi connectivity index (χ2v) is 5.90. The summed E-state index contributed by atoms with van der Waals surface area (Å²) in [5, 5.41) is 0. The summed E-state index contributed by atoms with van der Waals surface area (Å²) in [6.07, 6.45) is 0. The van der Waals surface area contributed by atoms with Gasteiger partial charge < -0.3 is 10.5 Å². The van der Waals surface area contributed by atoms with Crippen molar-refractivity contribution in [2.24, 2.45) is 0 Å². The molecule has 0 saturated carbocycles. The molecule has 112 valence electrons. The maximum absolute atomic E-state index is 13.2. The Morgan fingerprint density at radius 1 is 1.24 bits per heavy atom. The lowest BCUT2D eigenvalue weighted by molar-refractivity contribution is 0.340. The number of nitrogen functional groups attached to an aromatic ring is 1. The van der Waals surface area contributed by atoms with Crippen molar-refractivity contribution >= 4 is 21.4 Å². The van der Waals surface area contributed by atoms with E-state index >= 15 is 0 Å². The van der Waals surface area contributed by atoms with Gasteiger partial charge >= 0.3 is 0 Å². The molecular formula is C14H15FN2O3S. The Morgan fingerprint density at radius 2 is 2.00 bits per heavy atom. The minimum atomic E-state index is -3.97. The van der Waals surface area contributed by atoms with Crippen LogP contribution >= 0.6 is 0 Å². The summed E-state index contributed by atoms with van der Waals surface area (Å²) in [7, 11) is -3.97. The third-order valence-electron chi connectivity index (χ3n) is 2.66. The molecule has 0 bridgehead atoms. The molecule has 0 aliphatic heterocycles. The summed E-state index contributed by atoms with van der Waals surface area (Å²) >= 11 is 0. The Kier molecular flexibility index (Phi) is 4.32. The number of ether oxygens (including phenoxy) is 1. The van der Waals surface area contributed by atoms with Crippen molar-refractivity contribution in [3.05, 3.63) is 48.3 Å². The van der Waals surface area contributed by atoms with Crippen molar-refractivity contribution in [3.8, 4) is 5.75 Å². The number of anilines is 2. The summed E-state index contributed by atoms with van der Waals surface area (Å²) in [5.74, 6) is -0.141. The minimum Gasteiger partial charge on any atom is -0.494 e. The van der Waals surface area contributed by atoms with Gasteiger partial charge in [-0.25, -0.2) is 12.8 Å². The monoisotopic (exact) mass is 310 g/mol. The van der Waals surface area contributed by atoms with E-state index < -0.39 is 15.8 Å². The van der Waals surface area contributed by atoms with Crippen LogP contribution in [0, 0.1) is 5.82 Å². The molecule has 2 rings (SSSR count). The second-order valence-electron chi connectivity index (χ2n) is 4.25. The topological polar surface area (TPSA) is 81.4 Å². The van der Waals surface area contributed by atoms with Crippen molar-refractivity contribution in [1.29, 1.82) is 0 Å². The molecule has 0 saturated heterocycles. The SMILES string of the molecule is CCOc1cccc(NS(=O)(=O)c2cc(F)ccc2N)c1. The van der Waals surface area contributed by atoms with Gasteiger partial charge in [0.1, 0.15) is 16.5 Å². The van der Waals surface area contributed by atoms with Crippen molar-refractivity contribution in [2.45, 2.75) is 11.8 Å². The summed E-state index contributed by atoms with van der Waals surface area (Å²) in [4.78, 5) is -0.302. The van der Waals surface area contributed by atoms with E-state index in [4.69, 9.17) is 10.5 Å². The highest BCUT2D eigenvalue weighted by Gasteiger charge is 2.18. The number of nitrogens with one attached hydrogen (secondary N) is 1. The fraction of sp³-hybridized carbons (Fsp3) is 0.143. The summed E-state index contributed by atoms with van der Waals surface area (Å²) < 4.78 is 45.3. The van der Waals surface area contributed by atoms with E-state index in [1.165, 1.54) is 12.1 Å². The third-order valence-corrected chi connectivity index (χ3v) is 4.10. The normalized spacial score (nSPS) is 11.1. The molecule has 0 aliphatic carbocycles. The van der Waals surface area contributed by atoms with Crippen LogP contribution in [0.1, 0.15) is 6.92 Å². The van der Waals surface area contributed by atoms with E-state index in [0.29, 0.717) is 18.0 Å². The van der Waals surface area contributed by atoms with Gasteiger partial charge in [0.25, 0.3) is 10.0 Å². The highest BCUT2D eigenvalue weighted by atomic mass is 32.2. The predicted octanol–water partition coefficient (Wildman–Crippen LogP) is 2.61. The molecule has 0 aliphatic rings. The maximum atomic E-state index is 13.2. The van der Waals surface area contributed by atoms with Crippen LogP contribution in [0.4, 0.5) is 15.8 Å². The third kappa shape index (κ3) is 3.63. The summed E-state index contributed by atoms with van der Waals surface area (Å²) in [6, 6.07) is 9.65. The Bertz CT molecular complexity index is 748. The zero-order chi connectivity index (χ0) is 15.5. The second kappa shape index (κ2) is 6.01. The van der Waals surface area contributed by atoms with Crippen LogP contribution in [0.25, 0.3) is 0 Å². The van der Waals surface area contributed by atoms with Gasteiger partial charge in [-0.2, -0.15) is 0 Å². The molecule has 0 amide bonds. The van der Waals surface area contributed by atoms with Crippen LogP contribution < -0.4 is 15.2 Å². The van der Waals surface area contributed by atoms with Crippen molar-refractivity contribution in [2.75, 3.05) is 17.1 Å². The molecule has 2 aromatic rings. The number of rotatable bonds is 5. The van der Waals surface area contributed by atoms with Crippen LogP contribution in [0.3, 0.4) is 0 Å². The Balaban J connectivity index is 2.33. The van der Waals surface area contributed by atoms with Crippen molar-refractivity contribution < 1.29 is 17.5 Å². The highest BCUT2D eigenvalue weighted by Crippen LogP contribution is 2.24. The van der Waals surface area contributed by atoms with Gasteiger partial charge in [0.2, 0.25) is 0 Å². The molecule has 0 fully saturated rings. The van der Waals surface area contributed by atoms with Crippen molar-refractivity contribution in [3.63, 3.8) is 0 Å². The summed E-state index contributed by atoms with van der Waals surface area (Å²) in [6.45, 7) is 2.29. The molecule has 0 unspecified atom stereocenters. The highest BCUT2D eigenvalue weighted by molar-refractivity contribution is 7.92. The Morgan fingerprint density at radius 3 is 2.71 bits per heavy atom. The van der Waals surface area contributed by atoms with Gasteiger partial charge in [-0.15, -0.1) is 0 Å². The molecule has 21 heavy (non-hydrogen) atoms. The lowest BCUT2D eigenvalue weighted by Gasteiger charge is -2.11. The number of benzene rings is 2. The van der Waals surface area contributed by atoms with Crippen LogP contribution in [-0.4, -0.2) is 15.0 Å². The number of sulfonamides is 1. The number of halogens is 1. The molecule has 0 aromatic heterocycles. The Labute approximate surface area is 122 Å². The predicted molar refractivity (Wildman–Crippen MR) is 79.2 cm³/mol. The van der Waals surface area contributed by atoms with Crippen LogP contribution in [0.15, 0.2) is 47.4 Å². The molecule has 3 N–H and O–H groups in total. The van der Waals surface area contributed by atoms with Gasteiger partial charge in [0.15, 0.2) is 0 Å². The summed E-state index contributed by atoms with van der Waals surface area (Å²) in [5.41, 5.74) is 5.88. The fourth-order valence-electron chi connectivity index (χ4n) is 1.77. The zero-order valence-electron chi connectivity index (χ0n) is 11.3. The van der Waals surface area contributed by atoms with E-state index in [1.807, 2.05) is 6.92 Å². The molecule has 0 atom stereocenters. The largest absolute Gasteiger partial charge is 0.494 e. The molecule has 5 nitrogen and oxygen atoms in total. The van der Waals surface area contributed by atoms with Crippen LogP contribution in [0.5, 0.6) is 5.75 Å². The zero-order valence-corrected chi connectivity index (χ0v) is 12.2. The molecule has 0 radical (unpaired) electrons. The average Bonchev–Trinajstić information content (AvgIpc) is 2.42. The van der Waals surface area contributed by atoms with Crippen LogP contribution in [-0.2, 0) is 10.0 Å². The Hall–Kier alpha value is -2.28. The van der Waals surface area contributed by atoms with Crippen LogP contribution in [0.2, 0.25) is 0 Å². The van der Waals surface area contributed by atoms with E-state index in [1.54, 1.807) is 18.2 Å². The quantitative estimate of drug-likeness (QED) is 0.832. The lowest BCUT2D eigenvalue weighted by atomic mass is 10.3. The van der Waals surface area contributed by atoms with E-state index in [0.717, 1.165) is 12.1 Å². The van der Waals surface area contributed by atoms with Gasteiger partial charge in [-0.1, -0.05) is 6.07 Å². The van der Waals surface area contributed by atoms with E-state index in [9.17, 15) is 12.8 Å². The standard InChI is InChI=1S/C14H15FN2O3S/c1-2-20-12-5-3-4-11(9-12)17-21(18,19)14-8-10(15)6-7-13(14)16/h3-9,17H,2,16H2,1H3. The number of nitrogens with two attached hydrogens (primary N) is 1. The smallest absolute Gasteiger partial charge is 0.264 e. The molecule has 0 heterocycles. The van der Waals surface area contributed by atoms with Gasteiger partial charge in [-0.05, 0) is 37.3 Å². The van der Waals surface area contributed by atoms with Gasteiger partial charge in [0.05, 0.1) is 18.0 Å². The number of hydrogen-bond donors (Lipinski definition) is 2. The lowest BCUT2D eigenvalue weighted by Crippen LogP contribution is -2.15. The molecule has 7 heteroatoms. The maximum Gasteiger partial charge on any atom is 0.264 e. The van der Waals surface area contributed by atoms with E-state index in [2.05, 4.69) is 4.72 Å². The van der Waals surface area contributed by atoms with E-state index in [-0.39, 0.29) is 10.6 Å². The average molecular weight is 310 g/mol. The number of hydrogen-bond acceptors (Lipinski definition) is 4. The first-order valence-electron chi connectivity index (χ1n) is 6.23. The first kappa shape index (κ1) is 15.1. The van der Waals surface area contributed by atoms with Crippen molar-refractivity contribution in [1.82, 2.24) is 0 Å². The molecular weight excluding hydrogens is 295 g/mol. The first-order valence-corrected chi connectivity index (χ1v) is 7.71. The molecule has 2 aromatic carbocycles. The fourth-order valence-corrected chi connectivity index (χ4v) is 2.96. The van der Waals surface area contributed by atoms with Gasteiger partial charge in [0, 0.05) is 6.07 Å². The first-order chi connectivity index (χ1) is 9.92. The minimum absolute atomic E-state index is 0.0233.